The Balaban J connectivity index is 1.26. The number of carbonyl (C=O) groups excluding carboxylic acids is 3. The van der Waals surface area contributed by atoms with Gasteiger partial charge in [0.05, 0.1) is 6.54 Å². The van der Waals surface area contributed by atoms with Crippen LogP contribution in [-0.2, 0) is 9.59 Å². The Hall–Kier alpha value is -3.35. The van der Waals surface area contributed by atoms with Crippen LogP contribution in [0.25, 0.3) is 0 Å². The third-order valence-corrected chi connectivity index (χ3v) is 6.35. The van der Waals surface area contributed by atoms with E-state index in [0.29, 0.717) is 11.3 Å². The Morgan fingerprint density at radius 1 is 0.848 bits per heavy atom. The number of hydrogen-bond donors (Lipinski definition) is 4. The molecule has 4 rings (SSSR count). The van der Waals surface area contributed by atoms with Crippen LogP contribution in [-0.4, -0.2) is 30.3 Å². The maximum absolute atomic E-state index is 12.5. The lowest BCUT2D eigenvalue weighted by Crippen LogP contribution is -2.36. The van der Waals surface area contributed by atoms with Gasteiger partial charge < -0.3 is 21.3 Å². The topological polar surface area (TPSA) is 99.3 Å². The van der Waals surface area contributed by atoms with Crippen LogP contribution < -0.4 is 21.3 Å². The van der Waals surface area contributed by atoms with Crippen molar-refractivity contribution in [2.24, 2.45) is 5.92 Å². The van der Waals surface area contributed by atoms with E-state index in [0.717, 1.165) is 42.6 Å². The second kappa shape index (κ2) is 10.5. The zero-order chi connectivity index (χ0) is 23.2. The molecule has 0 saturated heterocycles. The van der Waals surface area contributed by atoms with E-state index in [1.165, 1.54) is 19.3 Å². The normalized spacial score (nSPS) is 16.0. The highest BCUT2D eigenvalue weighted by molar-refractivity contribution is 5.98. The van der Waals surface area contributed by atoms with Crippen molar-refractivity contribution in [1.29, 1.82) is 0 Å². The highest BCUT2D eigenvalue weighted by atomic mass is 16.2. The van der Waals surface area contributed by atoms with Crippen LogP contribution >= 0.6 is 0 Å². The zero-order valence-electron chi connectivity index (χ0n) is 19.1. The fraction of sp³-hybridized carbons (Fsp3) is 0.423. The molecule has 2 fully saturated rings. The molecule has 0 aliphatic heterocycles. The van der Waals surface area contributed by atoms with Crippen molar-refractivity contribution in [2.45, 2.75) is 57.9 Å². The van der Waals surface area contributed by atoms with Gasteiger partial charge in [0.2, 0.25) is 11.8 Å². The predicted molar refractivity (Wildman–Crippen MR) is 130 cm³/mol. The SMILES string of the molecule is Cc1c(NC(=O)CNc2ccc(C(=O)NC3CCCCC3)cc2)cccc1NC(=O)C1CC1. The van der Waals surface area contributed by atoms with E-state index in [1.54, 1.807) is 12.1 Å². The fourth-order valence-electron chi connectivity index (χ4n) is 4.12. The predicted octanol–water partition coefficient (Wildman–Crippen LogP) is 4.46. The van der Waals surface area contributed by atoms with Gasteiger partial charge in [-0.1, -0.05) is 25.3 Å². The lowest BCUT2D eigenvalue weighted by atomic mass is 9.95. The molecule has 2 aromatic rings. The number of rotatable bonds is 8. The summed E-state index contributed by atoms with van der Waals surface area (Å²) in [4.78, 5) is 37.0. The Morgan fingerprint density at radius 3 is 2.18 bits per heavy atom. The van der Waals surface area contributed by atoms with E-state index in [9.17, 15) is 14.4 Å². The van der Waals surface area contributed by atoms with E-state index in [-0.39, 0.29) is 36.2 Å². The summed E-state index contributed by atoms with van der Waals surface area (Å²) in [5, 5.41) is 12.0. The maximum atomic E-state index is 12.5. The smallest absolute Gasteiger partial charge is 0.251 e. The Labute approximate surface area is 194 Å². The van der Waals surface area contributed by atoms with Gasteiger partial charge in [-0.15, -0.1) is 0 Å². The van der Waals surface area contributed by atoms with Gasteiger partial charge in [0.15, 0.2) is 0 Å². The van der Waals surface area contributed by atoms with E-state index in [4.69, 9.17) is 0 Å². The minimum absolute atomic E-state index is 0.0408. The molecule has 0 bridgehead atoms. The van der Waals surface area contributed by atoms with Gasteiger partial charge in [-0.2, -0.15) is 0 Å². The molecular formula is C26H32N4O3. The van der Waals surface area contributed by atoms with Gasteiger partial charge in [-0.3, -0.25) is 14.4 Å². The lowest BCUT2D eigenvalue weighted by Gasteiger charge is -2.22. The first-order valence-corrected chi connectivity index (χ1v) is 11.8. The van der Waals surface area contributed by atoms with Crippen molar-refractivity contribution in [1.82, 2.24) is 5.32 Å². The summed E-state index contributed by atoms with van der Waals surface area (Å²) >= 11 is 0. The molecule has 3 amide bonds. The monoisotopic (exact) mass is 448 g/mol. The Kier molecular flexibility index (Phi) is 7.27. The molecule has 7 nitrogen and oxygen atoms in total. The number of hydrogen-bond acceptors (Lipinski definition) is 4. The molecule has 0 heterocycles. The Morgan fingerprint density at radius 2 is 1.52 bits per heavy atom. The van der Waals surface area contributed by atoms with E-state index >= 15 is 0 Å². The Bertz CT molecular complexity index is 1010. The summed E-state index contributed by atoms with van der Waals surface area (Å²) in [5.41, 5.74) is 3.61. The molecule has 2 aromatic carbocycles. The zero-order valence-corrected chi connectivity index (χ0v) is 19.1. The molecule has 0 atom stereocenters. The van der Waals surface area contributed by atoms with Gasteiger partial charge in [0.1, 0.15) is 0 Å². The first-order valence-electron chi connectivity index (χ1n) is 11.8. The van der Waals surface area contributed by atoms with Gasteiger partial charge in [-0.05, 0) is 74.6 Å². The molecule has 4 N–H and O–H groups in total. The van der Waals surface area contributed by atoms with Gasteiger partial charge >= 0.3 is 0 Å². The number of carbonyl (C=O) groups is 3. The molecule has 174 valence electrons. The van der Waals surface area contributed by atoms with Crippen molar-refractivity contribution >= 4 is 34.8 Å². The van der Waals surface area contributed by atoms with Crippen LogP contribution in [0.3, 0.4) is 0 Å². The van der Waals surface area contributed by atoms with Crippen LogP contribution in [0.5, 0.6) is 0 Å². The first kappa shape index (κ1) is 22.8. The average Bonchev–Trinajstić information content (AvgIpc) is 3.67. The number of benzene rings is 2. The van der Waals surface area contributed by atoms with Gasteiger partial charge in [-0.25, -0.2) is 0 Å². The molecule has 7 heteroatoms. The van der Waals surface area contributed by atoms with Crippen molar-refractivity contribution in [3.05, 3.63) is 53.6 Å². The summed E-state index contributed by atoms with van der Waals surface area (Å²) in [6, 6.07) is 12.9. The minimum atomic E-state index is -0.192. The summed E-state index contributed by atoms with van der Waals surface area (Å²) in [5.74, 6) is -0.0751. The molecule has 0 unspecified atom stereocenters. The fourth-order valence-corrected chi connectivity index (χ4v) is 4.12. The lowest BCUT2D eigenvalue weighted by molar-refractivity contribution is -0.117. The third-order valence-electron chi connectivity index (χ3n) is 6.35. The van der Waals surface area contributed by atoms with Crippen LogP contribution in [0, 0.1) is 12.8 Å². The second-order valence-electron chi connectivity index (χ2n) is 9.03. The standard InChI is InChI=1S/C26H32N4O3/c1-17-22(8-5-9-23(17)30-26(33)18-10-11-18)29-24(31)16-27-20-14-12-19(13-15-20)25(32)28-21-6-3-2-4-7-21/h5,8-9,12-15,18,21,27H,2-4,6-7,10-11,16H2,1H3,(H,28,32)(H,29,31)(H,30,33). The second-order valence-corrected chi connectivity index (χ2v) is 9.03. The molecule has 0 aromatic heterocycles. The molecular weight excluding hydrogens is 416 g/mol. The van der Waals surface area contributed by atoms with Crippen LogP contribution in [0.2, 0.25) is 0 Å². The van der Waals surface area contributed by atoms with Gasteiger partial charge in [0, 0.05) is 34.6 Å². The molecule has 2 aliphatic rings. The van der Waals surface area contributed by atoms with Crippen molar-refractivity contribution in [3.8, 4) is 0 Å². The number of anilines is 3. The quantitative estimate of drug-likeness (QED) is 0.479. The van der Waals surface area contributed by atoms with Crippen LogP contribution in [0.4, 0.5) is 17.1 Å². The minimum Gasteiger partial charge on any atom is -0.376 e. The maximum Gasteiger partial charge on any atom is 0.251 e. The van der Waals surface area contributed by atoms with Gasteiger partial charge in [0.25, 0.3) is 5.91 Å². The summed E-state index contributed by atoms with van der Waals surface area (Å²) in [6.45, 7) is 1.97. The van der Waals surface area contributed by atoms with E-state index < -0.39 is 0 Å². The summed E-state index contributed by atoms with van der Waals surface area (Å²) in [6.07, 6.45) is 7.59. The average molecular weight is 449 g/mol. The summed E-state index contributed by atoms with van der Waals surface area (Å²) in [7, 11) is 0. The first-order chi connectivity index (χ1) is 16.0. The van der Waals surface area contributed by atoms with Crippen LogP contribution in [0.15, 0.2) is 42.5 Å². The molecule has 0 radical (unpaired) electrons. The highest BCUT2D eigenvalue weighted by Crippen LogP contribution is 2.31. The number of nitrogens with one attached hydrogen (secondary N) is 4. The van der Waals surface area contributed by atoms with Crippen LogP contribution in [0.1, 0.15) is 60.9 Å². The molecule has 2 saturated carbocycles. The van der Waals surface area contributed by atoms with Crippen molar-refractivity contribution < 1.29 is 14.4 Å². The largest absolute Gasteiger partial charge is 0.376 e. The van der Waals surface area contributed by atoms with E-state index in [1.807, 2.05) is 37.3 Å². The van der Waals surface area contributed by atoms with Crippen molar-refractivity contribution in [2.75, 3.05) is 22.5 Å². The summed E-state index contributed by atoms with van der Waals surface area (Å²) < 4.78 is 0. The van der Waals surface area contributed by atoms with E-state index in [2.05, 4.69) is 21.3 Å². The molecule has 33 heavy (non-hydrogen) atoms. The van der Waals surface area contributed by atoms with Crippen molar-refractivity contribution in [3.63, 3.8) is 0 Å². The molecule has 2 aliphatic carbocycles. The third kappa shape index (κ3) is 6.34. The highest BCUT2D eigenvalue weighted by Gasteiger charge is 2.29. The number of amides is 3. The molecule has 0 spiro atoms.